The number of aromatic nitrogens is 4. The minimum absolute atomic E-state index is 0.126. The molecular formula is C17H11ClN4OS2. The molecule has 0 spiro atoms. The average Bonchev–Trinajstić information content (AvgIpc) is 3.11. The van der Waals surface area contributed by atoms with Crippen LogP contribution in [0.4, 0.5) is 0 Å². The van der Waals surface area contributed by atoms with E-state index >= 15 is 0 Å². The SMILES string of the molecule is O=c1c2scnc2nc(SCc2ccc(Cl)cc2)n1-c1cccnc1. The van der Waals surface area contributed by atoms with Crippen LogP contribution >= 0.6 is 34.7 Å². The van der Waals surface area contributed by atoms with Crippen molar-refractivity contribution < 1.29 is 0 Å². The van der Waals surface area contributed by atoms with Gasteiger partial charge in [0.2, 0.25) is 0 Å². The van der Waals surface area contributed by atoms with Crippen molar-refractivity contribution >= 4 is 45.0 Å². The summed E-state index contributed by atoms with van der Waals surface area (Å²) in [5.74, 6) is 0.666. The third kappa shape index (κ3) is 3.30. The predicted molar refractivity (Wildman–Crippen MR) is 102 cm³/mol. The van der Waals surface area contributed by atoms with E-state index in [1.54, 1.807) is 28.5 Å². The molecule has 25 heavy (non-hydrogen) atoms. The van der Waals surface area contributed by atoms with Crippen molar-refractivity contribution in [2.45, 2.75) is 10.9 Å². The summed E-state index contributed by atoms with van der Waals surface area (Å²) >= 11 is 8.70. The fraction of sp³-hybridized carbons (Fsp3) is 0.0588. The normalized spacial score (nSPS) is 11.1. The van der Waals surface area contributed by atoms with Gasteiger partial charge in [-0.25, -0.2) is 9.97 Å². The summed E-state index contributed by atoms with van der Waals surface area (Å²) < 4.78 is 2.13. The van der Waals surface area contributed by atoms with Crippen molar-refractivity contribution in [2.75, 3.05) is 0 Å². The Bertz CT molecular complexity index is 1080. The van der Waals surface area contributed by atoms with Gasteiger partial charge in [0.25, 0.3) is 5.56 Å². The molecular weight excluding hydrogens is 376 g/mol. The molecule has 0 amide bonds. The summed E-state index contributed by atoms with van der Waals surface area (Å²) in [7, 11) is 0. The maximum atomic E-state index is 12.9. The second-order valence-electron chi connectivity index (χ2n) is 5.17. The van der Waals surface area contributed by atoms with Gasteiger partial charge >= 0.3 is 0 Å². The lowest BCUT2D eigenvalue weighted by molar-refractivity contribution is 0.814. The Morgan fingerprint density at radius 3 is 2.80 bits per heavy atom. The Morgan fingerprint density at radius 1 is 1.20 bits per heavy atom. The third-order valence-electron chi connectivity index (χ3n) is 3.52. The summed E-state index contributed by atoms with van der Waals surface area (Å²) in [5.41, 5.74) is 3.78. The summed E-state index contributed by atoms with van der Waals surface area (Å²) in [5, 5.41) is 1.29. The highest BCUT2D eigenvalue weighted by atomic mass is 35.5. The second-order valence-corrected chi connectivity index (χ2v) is 7.40. The number of thioether (sulfide) groups is 1. The van der Waals surface area contributed by atoms with Gasteiger partial charge in [0.05, 0.1) is 17.4 Å². The first-order valence-electron chi connectivity index (χ1n) is 7.36. The molecule has 124 valence electrons. The molecule has 0 unspecified atom stereocenters. The number of rotatable bonds is 4. The molecule has 1 aromatic carbocycles. The zero-order chi connectivity index (χ0) is 17.2. The van der Waals surface area contributed by atoms with E-state index in [1.807, 2.05) is 30.3 Å². The van der Waals surface area contributed by atoms with E-state index < -0.39 is 0 Å². The van der Waals surface area contributed by atoms with Crippen LogP contribution in [0.3, 0.4) is 0 Å². The first kappa shape index (κ1) is 16.3. The minimum Gasteiger partial charge on any atom is -0.267 e. The van der Waals surface area contributed by atoms with Gasteiger partial charge in [-0.2, -0.15) is 0 Å². The standard InChI is InChI=1S/C17H11ClN4OS2/c18-12-5-3-11(4-6-12)9-24-17-21-15-14(25-10-20-15)16(23)22(17)13-2-1-7-19-8-13/h1-8,10H,9H2. The Kier molecular flexibility index (Phi) is 4.52. The fourth-order valence-corrected chi connectivity index (χ4v) is 4.07. The quantitative estimate of drug-likeness (QED) is 0.389. The first-order valence-corrected chi connectivity index (χ1v) is 9.60. The number of hydrogen-bond acceptors (Lipinski definition) is 6. The number of nitrogens with zero attached hydrogens (tertiary/aromatic N) is 4. The molecule has 0 atom stereocenters. The van der Waals surface area contributed by atoms with Gasteiger partial charge in [-0.3, -0.25) is 14.3 Å². The van der Waals surface area contributed by atoms with Gasteiger partial charge in [-0.15, -0.1) is 11.3 Å². The molecule has 0 aliphatic rings. The van der Waals surface area contributed by atoms with E-state index in [2.05, 4.69) is 15.0 Å². The third-order valence-corrected chi connectivity index (χ3v) is 5.59. The lowest BCUT2D eigenvalue weighted by atomic mass is 10.2. The van der Waals surface area contributed by atoms with E-state index in [0.717, 1.165) is 5.56 Å². The van der Waals surface area contributed by atoms with E-state index in [0.29, 0.717) is 32.0 Å². The second kappa shape index (κ2) is 6.95. The highest BCUT2D eigenvalue weighted by molar-refractivity contribution is 7.98. The van der Waals surface area contributed by atoms with Gasteiger partial charge in [0.1, 0.15) is 4.70 Å². The number of thiazole rings is 1. The molecule has 3 aromatic heterocycles. The molecule has 0 aliphatic carbocycles. The van der Waals surface area contributed by atoms with Crippen LogP contribution in [-0.4, -0.2) is 19.5 Å². The first-order chi connectivity index (χ1) is 12.2. The zero-order valence-electron chi connectivity index (χ0n) is 12.8. The highest BCUT2D eigenvalue weighted by Crippen LogP contribution is 2.25. The molecule has 0 aliphatic heterocycles. The van der Waals surface area contributed by atoms with Crippen LogP contribution in [0.2, 0.25) is 5.02 Å². The van der Waals surface area contributed by atoms with Gasteiger partial charge in [-0.1, -0.05) is 35.5 Å². The van der Waals surface area contributed by atoms with Gasteiger partial charge in [0, 0.05) is 17.0 Å². The monoisotopic (exact) mass is 386 g/mol. The molecule has 3 heterocycles. The maximum absolute atomic E-state index is 12.9. The van der Waals surface area contributed by atoms with Gasteiger partial charge in [-0.05, 0) is 29.8 Å². The van der Waals surface area contributed by atoms with Crippen LogP contribution in [0.1, 0.15) is 5.56 Å². The van der Waals surface area contributed by atoms with Crippen molar-refractivity contribution in [1.29, 1.82) is 0 Å². The van der Waals surface area contributed by atoms with Crippen molar-refractivity contribution in [3.63, 3.8) is 0 Å². The molecule has 8 heteroatoms. The van der Waals surface area contributed by atoms with Crippen molar-refractivity contribution in [3.8, 4) is 5.69 Å². The molecule has 5 nitrogen and oxygen atoms in total. The Balaban J connectivity index is 1.78. The molecule has 4 rings (SSSR count). The van der Waals surface area contributed by atoms with Crippen molar-refractivity contribution in [1.82, 2.24) is 19.5 Å². The smallest absolute Gasteiger partial charge is 0.267 e. The summed E-state index contributed by atoms with van der Waals surface area (Å²) in [6.07, 6.45) is 3.33. The fourth-order valence-electron chi connectivity index (χ4n) is 2.33. The average molecular weight is 387 g/mol. The number of hydrogen-bond donors (Lipinski definition) is 0. The minimum atomic E-state index is -0.126. The molecule has 0 N–H and O–H groups in total. The predicted octanol–water partition coefficient (Wildman–Crippen LogP) is 4.18. The summed E-state index contributed by atoms with van der Waals surface area (Å²) in [6.45, 7) is 0. The molecule has 0 bridgehead atoms. The molecule has 4 aromatic rings. The van der Waals surface area contributed by atoms with Crippen molar-refractivity contribution in [3.05, 3.63) is 75.2 Å². The van der Waals surface area contributed by atoms with E-state index in [9.17, 15) is 4.79 Å². The highest BCUT2D eigenvalue weighted by Gasteiger charge is 2.15. The molecule has 0 fully saturated rings. The van der Waals surface area contributed by atoms with Crippen LogP contribution in [0.5, 0.6) is 0 Å². The largest absolute Gasteiger partial charge is 0.278 e. The van der Waals surface area contributed by atoms with E-state index in [-0.39, 0.29) is 5.56 Å². The number of pyridine rings is 1. The van der Waals surface area contributed by atoms with E-state index in [1.165, 1.54) is 23.1 Å². The number of fused-ring (bicyclic) bond motifs is 1. The topological polar surface area (TPSA) is 60.7 Å². The zero-order valence-corrected chi connectivity index (χ0v) is 15.2. The number of halogens is 1. The Morgan fingerprint density at radius 2 is 2.04 bits per heavy atom. The van der Waals surface area contributed by atoms with Crippen LogP contribution in [0.25, 0.3) is 16.0 Å². The maximum Gasteiger partial charge on any atom is 0.278 e. The van der Waals surface area contributed by atoms with Crippen LogP contribution in [-0.2, 0) is 5.75 Å². The van der Waals surface area contributed by atoms with Gasteiger partial charge < -0.3 is 0 Å². The van der Waals surface area contributed by atoms with Crippen LogP contribution in [0.15, 0.2) is 64.3 Å². The van der Waals surface area contributed by atoms with E-state index in [4.69, 9.17) is 11.6 Å². The lowest BCUT2D eigenvalue weighted by Gasteiger charge is -2.11. The lowest BCUT2D eigenvalue weighted by Crippen LogP contribution is -2.21. The van der Waals surface area contributed by atoms with Crippen molar-refractivity contribution in [2.24, 2.45) is 0 Å². The van der Waals surface area contributed by atoms with Crippen LogP contribution in [0, 0.1) is 0 Å². The van der Waals surface area contributed by atoms with Gasteiger partial charge in [0.15, 0.2) is 10.8 Å². The Hall–Kier alpha value is -2.22. The Labute approximate surface area is 156 Å². The summed E-state index contributed by atoms with van der Waals surface area (Å²) in [4.78, 5) is 25.8. The summed E-state index contributed by atoms with van der Waals surface area (Å²) in [6, 6.07) is 11.3. The molecule has 0 radical (unpaired) electrons. The molecule has 0 saturated carbocycles. The van der Waals surface area contributed by atoms with Crippen LogP contribution < -0.4 is 5.56 Å². The number of benzene rings is 1. The molecule has 0 saturated heterocycles.